The number of nitrogens with two attached hydrogens (primary N) is 1. The molecule has 30 heavy (non-hydrogen) atoms. The van der Waals surface area contributed by atoms with Gasteiger partial charge >= 0.3 is 0 Å². The minimum absolute atomic E-state index is 0.282. The van der Waals surface area contributed by atoms with Crippen molar-refractivity contribution < 1.29 is 0 Å². The Morgan fingerprint density at radius 1 is 1.17 bits per heavy atom. The third-order valence-electron chi connectivity index (χ3n) is 5.98. The molecule has 5 rings (SSSR count). The Hall–Kier alpha value is -3.03. The molecule has 0 spiro atoms. The van der Waals surface area contributed by atoms with Crippen molar-refractivity contribution in [3.63, 3.8) is 0 Å². The lowest BCUT2D eigenvalue weighted by Gasteiger charge is -2.21. The molecule has 1 fully saturated rings. The van der Waals surface area contributed by atoms with Crippen molar-refractivity contribution in [2.75, 3.05) is 37.8 Å². The van der Waals surface area contributed by atoms with Crippen LogP contribution in [0, 0.1) is 0 Å². The monoisotopic (exact) mass is 422 g/mol. The summed E-state index contributed by atoms with van der Waals surface area (Å²) < 4.78 is 0. The first-order valence-electron chi connectivity index (χ1n) is 9.93. The van der Waals surface area contributed by atoms with Crippen molar-refractivity contribution in [2.45, 2.75) is 12.5 Å². The number of rotatable bonds is 3. The Balaban J connectivity index is 1.57. The van der Waals surface area contributed by atoms with Crippen LogP contribution in [0.25, 0.3) is 33.3 Å². The topological polar surface area (TPSA) is 94.0 Å². The lowest BCUT2D eigenvalue weighted by atomic mass is 10.1. The Morgan fingerprint density at radius 3 is 2.73 bits per heavy atom. The van der Waals surface area contributed by atoms with E-state index in [2.05, 4.69) is 46.0 Å². The summed E-state index contributed by atoms with van der Waals surface area (Å²) >= 11 is 6.12. The van der Waals surface area contributed by atoms with E-state index in [1.807, 2.05) is 6.07 Å². The molecule has 0 bridgehead atoms. The molecule has 2 aromatic carbocycles. The number of hydrogen-bond acceptors (Lipinski definition) is 5. The van der Waals surface area contributed by atoms with Crippen molar-refractivity contribution in [3.8, 4) is 11.4 Å². The highest BCUT2D eigenvalue weighted by Gasteiger charge is 2.24. The largest absolute Gasteiger partial charge is 0.397 e. The minimum atomic E-state index is -0.282. The molecule has 0 saturated carbocycles. The van der Waals surface area contributed by atoms with Crippen LogP contribution in [0.5, 0.6) is 0 Å². The number of aromatic nitrogens is 3. The van der Waals surface area contributed by atoms with E-state index < -0.39 is 0 Å². The normalized spacial score (nSPS) is 16.9. The summed E-state index contributed by atoms with van der Waals surface area (Å²) in [6, 6.07) is 11.9. The SMILES string of the molecule is CN(C)[C@@H]1CCN(c2ccc3[nH]c(-c4c(N)c5cc(Cl)ccc5[nH]c4=O)nc3c2)C1. The summed E-state index contributed by atoms with van der Waals surface area (Å²) in [5.74, 6) is 0.454. The predicted molar refractivity (Wildman–Crippen MR) is 123 cm³/mol. The second-order valence-corrected chi connectivity index (χ2v) is 8.51. The Bertz CT molecular complexity index is 1320. The van der Waals surface area contributed by atoms with Crippen LogP contribution in [0.4, 0.5) is 11.4 Å². The highest BCUT2D eigenvalue weighted by atomic mass is 35.5. The lowest BCUT2D eigenvalue weighted by Crippen LogP contribution is -2.31. The molecule has 0 amide bonds. The van der Waals surface area contributed by atoms with Crippen LogP contribution in [0.15, 0.2) is 41.2 Å². The van der Waals surface area contributed by atoms with Gasteiger partial charge in [0.2, 0.25) is 0 Å². The molecular weight excluding hydrogens is 400 g/mol. The number of aromatic amines is 2. The van der Waals surface area contributed by atoms with Gasteiger partial charge in [0.15, 0.2) is 0 Å². The Labute approximate surface area is 178 Å². The average Bonchev–Trinajstić information content (AvgIpc) is 3.35. The number of fused-ring (bicyclic) bond motifs is 2. The molecule has 8 heteroatoms. The van der Waals surface area contributed by atoms with Crippen LogP contribution >= 0.6 is 11.6 Å². The zero-order chi connectivity index (χ0) is 21.0. The summed E-state index contributed by atoms with van der Waals surface area (Å²) in [4.78, 5) is 28.2. The maximum Gasteiger partial charge on any atom is 0.261 e. The summed E-state index contributed by atoms with van der Waals surface area (Å²) in [6.07, 6.45) is 1.14. The molecule has 0 unspecified atom stereocenters. The van der Waals surface area contributed by atoms with Crippen LogP contribution in [-0.4, -0.2) is 53.1 Å². The molecule has 0 radical (unpaired) electrons. The molecule has 0 aliphatic carbocycles. The van der Waals surface area contributed by atoms with E-state index in [1.165, 1.54) is 0 Å². The number of hydrogen-bond donors (Lipinski definition) is 3. The third kappa shape index (κ3) is 3.11. The fraction of sp³-hybridized carbons (Fsp3) is 0.273. The molecule has 4 N–H and O–H groups in total. The summed E-state index contributed by atoms with van der Waals surface area (Å²) in [6.45, 7) is 2.01. The minimum Gasteiger partial charge on any atom is -0.397 e. The number of imidazole rings is 1. The highest BCUT2D eigenvalue weighted by Crippen LogP contribution is 2.31. The fourth-order valence-electron chi connectivity index (χ4n) is 4.23. The number of pyridine rings is 1. The van der Waals surface area contributed by atoms with Crippen molar-refractivity contribution in [3.05, 3.63) is 51.8 Å². The van der Waals surface area contributed by atoms with Crippen molar-refractivity contribution >= 4 is 44.9 Å². The van der Waals surface area contributed by atoms with E-state index in [-0.39, 0.29) is 5.56 Å². The molecule has 1 aliphatic rings. The third-order valence-corrected chi connectivity index (χ3v) is 6.21. The standard InChI is InChI=1S/C22H23ClN6O/c1-28(2)14-7-8-29(11-14)13-4-6-17-18(10-13)26-21(25-17)19-20(24)15-9-12(23)3-5-16(15)27-22(19)30/h3-6,9-10,14H,7-8,11H2,1-2H3,(H,25,26)(H3,24,27,30)/t14-/m1/s1. The smallest absolute Gasteiger partial charge is 0.261 e. The molecule has 1 atom stereocenters. The predicted octanol–water partition coefficient (Wildman–Crippen LogP) is 3.45. The van der Waals surface area contributed by atoms with Gasteiger partial charge in [-0.25, -0.2) is 4.98 Å². The van der Waals surface area contributed by atoms with Gasteiger partial charge < -0.3 is 25.5 Å². The van der Waals surface area contributed by atoms with Crippen LogP contribution in [0.1, 0.15) is 6.42 Å². The molecular formula is C22H23ClN6O. The van der Waals surface area contributed by atoms with Gasteiger partial charge in [-0.1, -0.05) is 11.6 Å². The lowest BCUT2D eigenvalue weighted by molar-refractivity contribution is 0.315. The highest BCUT2D eigenvalue weighted by molar-refractivity contribution is 6.31. The van der Waals surface area contributed by atoms with E-state index in [9.17, 15) is 4.79 Å². The van der Waals surface area contributed by atoms with Gasteiger partial charge in [0.05, 0.1) is 22.2 Å². The molecule has 3 heterocycles. The molecule has 2 aromatic heterocycles. The summed E-state index contributed by atoms with van der Waals surface area (Å²) in [5, 5.41) is 1.26. The number of benzene rings is 2. The van der Waals surface area contributed by atoms with Crippen LogP contribution in [-0.2, 0) is 0 Å². The average molecular weight is 423 g/mol. The van der Waals surface area contributed by atoms with Gasteiger partial charge in [0.1, 0.15) is 11.4 Å². The van der Waals surface area contributed by atoms with Gasteiger partial charge in [-0.05, 0) is 56.9 Å². The number of H-pyrrole nitrogens is 2. The van der Waals surface area contributed by atoms with E-state index in [0.717, 1.165) is 36.2 Å². The summed E-state index contributed by atoms with van der Waals surface area (Å²) in [7, 11) is 4.24. The van der Waals surface area contributed by atoms with Crippen LogP contribution in [0.3, 0.4) is 0 Å². The zero-order valence-electron chi connectivity index (χ0n) is 16.9. The molecule has 7 nitrogen and oxygen atoms in total. The second kappa shape index (κ2) is 7.04. The first-order chi connectivity index (χ1) is 14.4. The van der Waals surface area contributed by atoms with E-state index in [1.54, 1.807) is 18.2 Å². The van der Waals surface area contributed by atoms with Gasteiger partial charge in [-0.15, -0.1) is 0 Å². The molecule has 1 aliphatic heterocycles. The van der Waals surface area contributed by atoms with Gasteiger partial charge in [0, 0.05) is 35.2 Å². The van der Waals surface area contributed by atoms with Crippen LogP contribution < -0.4 is 16.2 Å². The van der Waals surface area contributed by atoms with Crippen molar-refractivity contribution in [2.24, 2.45) is 0 Å². The maximum atomic E-state index is 12.8. The van der Waals surface area contributed by atoms with Crippen molar-refractivity contribution in [1.29, 1.82) is 0 Å². The number of nitrogens with zero attached hydrogens (tertiary/aromatic N) is 3. The number of anilines is 2. The maximum absolute atomic E-state index is 12.8. The van der Waals surface area contributed by atoms with Gasteiger partial charge in [-0.2, -0.15) is 0 Å². The Morgan fingerprint density at radius 2 is 1.97 bits per heavy atom. The Kier molecular flexibility index (Phi) is 4.45. The molecule has 1 saturated heterocycles. The van der Waals surface area contributed by atoms with Crippen LogP contribution in [0.2, 0.25) is 5.02 Å². The number of likely N-dealkylation sites (N-methyl/N-ethyl adjacent to an activating group) is 1. The molecule has 154 valence electrons. The number of nitrogen functional groups attached to an aromatic ring is 1. The first-order valence-corrected chi connectivity index (χ1v) is 10.3. The first kappa shape index (κ1) is 19.0. The fourth-order valence-corrected chi connectivity index (χ4v) is 4.40. The second-order valence-electron chi connectivity index (χ2n) is 8.07. The van der Waals surface area contributed by atoms with E-state index in [4.69, 9.17) is 22.3 Å². The van der Waals surface area contributed by atoms with Gasteiger partial charge in [-0.3, -0.25) is 4.79 Å². The van der Waals surface area contributed by atoms with Gasteiger partial charge in [0.25, 0.3) is 5.56 Å². The zero-order valence-corrected chi connectivity index (χ0v) is 17.6. The number of halogens is 1. The molecule has 4 aromatic rings. The van der Waals surface area contributed by atoms with E-state index in [0.29, 0.717) is 39.0 Å². The number of nitrogens with one attached hydrogen (secondary N) is 2. The van der Waals surface area contributed by atoms with Crippen molar-refractivity contribution in [1.82, 2.24) is 19.9 Å². The van der Waals surface area contributed by atoms with E-state index >= 15 is 0 Å². The quantitative estimate of drug-likeness (QED) is 0.470. The summed E-state index contributed by atoms with van der Waals surface area (Å²) in [5.41, 5.74) is 10.2.